The van der Waals surface area contributed by atoms with Gasteiger partial charge in [0.15, 0.2) is 0 Å². The van der Waals surface area contributed by atoms with Crippen molar-refractivity contribution in [1.82, 2.24) is 4.90 Å². The van der Waals surface area contributed by atoms with Gasteiger partial charge in [-0.1, -0.05) is 24.2 Å². The quantitative estimate of drug-likeness (QED) is 0.203. The minimum Gasteiger partial charge on any atom is -0.493 e. The number of unbranched alkanes of at least 4 members (excludes halogenated alkanes) is 2. The highest BCUT2D eigenvalue weighted by Gasteiger charge is 2.07. The molecule has 0 radical (unpaired) electrons. The molecule has 0 heterocycles. The van der Waals surface area contributed by atoms with Crippen molar-refractivity contribution >= 4 is 6.21 Å². The second-order valence-corrected chi connectivity index (χ2v) is 6.54. The second-order valence-electron chi connectivity index (χ2n) is 6.54. The maximum atomic E-state index is 6.04. The minimum atomic E-state index is 0.599. The lowest BCUT2D eigenvalue weighted by atomic mass is 10.1. The van der Waals surface area contributed by atoms with Gasteiger partial charge >= 0.3 is 0 Å². The van der Waals surface area contributed by atoms with E-state index in [9.17, 15) is 0 Å². The maximum absolute atomic E-state index is 6.04. The molecule has 0 spiro atoms. The fraction of sp³-hybridized carbons (Fsp3) is 0.591. The van der Waals surface area contributed by atoms with E-state index in [4.69, 9.17) is 14.3 Å². The van der Waals surface area contributed by atoms with Gasteiger partial charge in [-0.05, 0) is 76.4 Å². The Bertz CT molecular complexity index is 562. The van der Waals surface area contributed by atoms with Crippen LogP contribution in [-0.4, -0.2) is 51.1 Å². The van der Waals surface area contributed by atoms with Crippen LogP contribution in [-0.2, 0) is 4.84 Å². The SMILES string of the molecule is C/C=C/COc1cc(C)c(OCCCCCN(CC)CC=NOC)c(C)c1. The van der Waals surface area contributed by atoms with E-state index in [1.807, 2.05) is 37.4 Å². The minimum absolute atomic E-state index is 0.599. The molecular weight excluding hydrogens is 340 g/mol. The number of aryl methyl sites for hydroxylation is 2. The Balaban J connectivity index is 2.32. The predicted molar refractivity (Wildman–Crippen MR) is 113 cm³/mol. The average Bonchev–Trinajstić information content (AvgIpc) is 2.65. The highest BCUT2D eigenvalue weighted by atomic mass is 16.6. The zero-order valence-corrected chi connectivity index (χ0v) is 17.7. The van der Waals surface area contributed by atoms with Gasteiger partial charge in [-0.15, -0.1) is 0 Å². The van der Waals surface area contributed by atoms with Gasteiger partial charge in [-0.3, -0.25) is 4.90 Å². The summed E-state index contributed by atoms with van der Waals surface area (Å²) in [5.74, 6) is 1.88. The number of hydrogen-bond acceptors (Lipinski definition) is 5. The molecule has 27 heavy (non-hydrogen) atoms. The van der Waals surface area contributed by atoms with Gasteiger partial charge < -0.3 is 14.3 Å². The Morgan fingerprint density at radius 2 is 1.81 bits per heavy atom. The third-order valence-electron chi connectivity index (χ3n) is 4.35. The molecule has 0 saturated heterocycles. The number of nitrogens with zero attached hydrogens (tertiary/aromatic N) is 2. The van der Waals surface area contributed by atoms with Crippen LogP contribution in [0.15, 0.2) is 29.4 Å². The van der Waals surface area contributed by atoms with E-state index in [1.54, 1.807) is 7.11 Å². The molecule has 1 aromatic rings. The van der Waals surface area contributed by atoms with Gasteiger partial charge in [0.1, 0.15) is 25.2 Å². The summed E-state index contributed by atoms with van der Waals surface area (Å²) in [6, 6.07) is 4.10. The third kappa shape index (κ3) is 9.48. The fourth-order valence-electron chi connectivity index (χ4n) is 2.85. The summed E-state index contributed by atoms with van der Waals surface area (Å²) >= 11 is 0. The molecule has 5 nitrogen and oxygen atoms in total. The summed E-state index contributed by atoms with van der Waals surface area (Å²) in [6.45, 7) is 12.6. The number of hydrogen-bond donors (Lipinski definition) is 0. The molecule has 1 rings (SSSR count). The first-order valence-electron chi connectivity index (χ1n) is 9.87. The maximum Gasteiger partial charge on any atom is 0.125 e. The molecule has 1 aromatic carbocycles. The largest absolute Gasteiger partial charge is 0.493 e. The number of rotatable bonds is 14. The summed E-state index contributed by atoms with van der Waals surface area (Å²) in [7, 11) is 1.57. The van der Waals surface area contributed by atoms with Crippen LogP contribution in [0.2, 0.25) is 0 Å². The Morgan fingerprint density at radius 3 is 2.44 bits per heavy atom. The molecule has 0 fully saturated rings. The molecule has 5 heteroatoms. The third-order valence-corrected chi connectivity index (χ3v) is 4.35. The molecule has 0 unspecified atom stereocenters. The van der Waals surface area contributed by atoms with Crippen molar-refractivity contribution in [3.05, 3.63) is 35.4 Å². The van der Waals surface area contributed by atoms with Gasteiger partial charge in [0, 0.05) is 6.54 Å². The topological polar surface area (TPSA) is 43.3 Å². The van der Waals surface area contributed by atoms with Crippen LogP contribution in [0.5, 0.6) is 11.5 Å². The molecule has 0 aliphatic heterocycles. The summed E-state index contributed by atoms with van der Waals surface area (Å²) in [4.78, 5) is 7.05. The number of benzene rings is 1. The smallest absolute Gasteiger partial charge is 0.125 e. The van der Waals surface area contributed by atoms with Crippen LogP contribution < -0.4 is 9.47 Å². The van der Waals surface area contributed by atoms with Gasteiger partial charge in [-0.2, -0.15) is 0 Å². The van der Waals surface area contributed by atoms with Gasteiger partial charge in [-0.25, -0.2) is 0 Å². The number of allylic oxidation sites excluding steroid dienone is 1. The summed E-state index contributed by atoms with van der Waals surface area (Å²) < 4.78 is 11.8. The average molecular weight is 377 g/mol. The van der Waals surface area contributed by atoms with E-state index in [2.05, 4.69) is 30.8 Å². The molecule has 0 atom stereocenters. The Morgan fingerprint density at radius 1 is 1.07 bits per heavy atom. The standard InChI is InChI=1S/C22H36N2O3/c1-6-8-15-26-21-17-19(3)22(20(4)18-21)27-16-11-9-10-13-24(7-2)14-12-23-25-5/h6,8,12,17-18H,7,9-11,13-16H2,1-5H3/b8-6+,23-12?. The predicted octanol–water partition coefficient (Wildman–Crippen LogP) is 4.76. The highest BCUT2D eigenvalue weighted by molar-refractivity contribution is 5.58. The molecule has 0 aromatic heterocycles. The highest BCUT2D eigenvalue weighted by Crippen LogP contribution is 2.28. The normalized spacial score (nSPS) is 11.6. The lowest BCUT2D eigenvalue weighted by molar-refractivity contribution is 0.212. The van der Waals surface area contributed by atoms with Crippen molar-refractivity contribution in [2.24, 2.45) is 5.16 Å². The first-order chi connectivity index (χ1) is 13.1. The zero-order valence-electron chi connectivity index (χ0n) is 17.7. The van der Waals surface area contributed by atoms with Crippen molar-refractivity contribution in [1.29, 1.82) is 0 Å². The van der Waals surface area contributed by atoms with Crippen LogP contribution in [0.3, 0.4) is 0 Å². The van der Waals surface area contributed by atoms with Gasteiger partial charge in [0.05, 0.1) is 12.8 Å². The van der Waals surface area contributed by atoms with Crippen LogP contribution in [0, 0.1) is 13.8 Å². The van der Waals surface area contributed by atoms with Crippen molar-refractivity contribution in [3.63, 3.8) is 0 Å². The Labute approximate surface area is 165 Å². The molecule has 0 aliphatic rings. The Hall–Kier alpha value is -2.01. The van der Waals surface area contributed by atoms with Crippen LogP contribution >= 0.6 is 0 Å². The first kappa shape index (κ1) is 23.0. The van der Waals surface area contributed by atoms with Crippen molar-refractivity contribution in [2.45, 2.75) is 47.0 Å². The molecule has 0 N–H and O–H groups in total. The lowest BCUT2D eigenvalue weighted by Gasteiger charge is -2.18. The van der Waals surface area contributed by atoms with Crippen LogP contribution in [0.1, 0.15) is 44.2 Å². The van der Waals surface area contributed by atoms with E-state index in [0.29, 0.717) is 6.61 Å². The summed E-state index contributed by atoms with van der Waals surface area (Å²) in [5.41, 5.74) is 2.25. The van der Waals surface area contributed by atoms with Gasteiger partial charge in [0.25, 0.3) is 0 Å². The van der Waals surface area contributed by atoms with E-state index < -0.39 is 0 Å². The fourth-order valence-corrected chi connectivity index (χ4v) is 2.85. The second kappa shape index (κ2) is 14.1. The number of ether oxygens (including phenoxy) is 2. The molecule has 0 aliphatic carbocycles. The summed E-state index contributed by atoms with van der Waals surface area (Å²) in [5, 5.41) is 3.80. The van der Waals surface area contributed by atoms with Gasteiger partial charge in [0.2, 0.25) is 0 Å². The molecule has 152 valence electrons. The van der Waals surface area contributed by atoms with E-state index in [1.165, 1.54) is 0 Å². The van der Waals surface area contributed by atoms with E-state index in [-0.39, 0.29) is 0 Å². The van der Waals surface area contributed by atoms with Crippen molar-refractivity contribution in [2.75, 3.05) is 40.0 Å². The van der Waals surface area contributed by atoms with Crippen molar-refractivity contribution < 1.29 is 14.3 Å². The van der Waals surface area contributed by atoms with E-state index >= 15 is 0 Å². The lowest BCUT2D eigenvalue weighted by Crippen LogP contribution is -2.26. The van der Waals surface area contributed by atoms with Crippen LogP contribution in [0.4, 0.5) is 0 Å². The molecule has 0 amide bonds. The van der Waals surface area contributed by atoms with Crippen LogP contribution in [0.25, 0.3) is 0 Å². The first-order valence-corrected chi connectivity index (χ1v) is 9.87. The number of oxime groups is 1. The molecule has 0 bridgehead atoms. The molecule has 0 saturated carbocycles. The zero-order chi connectivity index (χ0) is 19.9. The van der Waals surface area contributed by atoms with Crippen molar-refractivity contribution in [3.8, 4) is 11.5 Å². The van der Waals surface area contributed by atoms with E-state index in [0.717, 1.165) is 68.1 Å². The monoisotopic (exact) mass is 376 g/mol. The molecular formula is C22H36N2O3. The summed E-state index contributed by atoms with van der Waals surface area (Å²) in [6.07, 6.45) is 9.17. The Kier molecular flexibility index (Phi) is 12.0.